The Hall–Kier alpha value is -2.86. The summed E-state index contributed by atoms with van der Waals surface area (Å²) in [6, 6.07) is 13.5. The Morgan fingerprint density at radius 2 is 1.69 bits per heavy atom. The van der Waals surface area contributed by atoms with Gasteiger partial charge in [0, 0.05) is 61.8 Å². The number of nitrogens with zero attached hydrogens (tertiary/aromatic N) is 3. The maximum absolute atomic E-state index is 12.7. The van der Waals surface area contributed by atoms with Gasteiger partial charge in [-0.05, 0) is 68.4 Å². The molecule has 2 aliphatic heterocycles. The predicted molar refractivity (Wildman–Crippen MR) is 117 cm³/mol. The third kappa shape index (κ3) is 4.27. The Balaban J connectivity index is 1.41. The van der Waals surface area contributed by atoms with Crippen molar-refractivity contribution in [3.63, 3.8) is 0 Å². The second-order valence-electron chi connectivity index (χ2n) is 7.94. The van der Waals surface area contributed by atoms with Gasteiger partial charge in [0.25, 0.3) is 5.91 Å². The molecule has 6 heteroatoms. The predicted octanol–water partition coefficient (Wildman–Crippen LogP) is 3.13. The van der Waals surface area contributed by atoms with E-state index in [9.17, 15) is 9.59 Å². The zero-order valence-corrected chi connectivity index (χ0v) is 17.1. The van der Waals surface area contributed by atoms with Crippen LogP contribution in [0, 0.1) is 6.92 Å². The van der Waals surface area contributed by atoms with Crippen molar-refractivity contribution in [2.75, 3.05) is 54.9 Å². The molecule has 2 aliphatic rings. The van der Waals surface area contributed by atoms with Crippen molar-refractivity contribution >= 4 is 28.9 Å². The normalized spacial score (nSPS) is 17.7. The SMILES string of the molecule is Cc1cc(NC(=O)c2ccc(N3CCN(C)CC3)cc2)ccc1N1CCCC1=O. The number of piperazine rings is 1. The highest BCUT2D eigenvalue weighted by Gasteiger charge is 2.23. The summed E-state index contributed by atoms with van der Waals surface area (Å²) < 4.78 is 0. The van der Waals surface area contributed by atoms with Gasteiger partial charge in [-0.2, -0.15) is 0 Å². The van der Waals surface area contributed by atoms with Crippen LogP contribution >= 0.6 is 0 Å². The highest BCUT2D eigenvalue weighted by molar-refractivity contribution is 6.05. The molecule has 0 atom stereocenters. The highest BCUT2D eigenvalue weighted by atomic mass is 16.2. The molecule has 0 unspecified atom stereocenters. The van der Waals surface area contributed by atoms with Crippen LogP contribution in [0.2, 0.25) is 0 Å². The minimum Gasteiger partial charge on any atom is -0.369 e. The largest absolute Gasteiger partial charge is 0.369 e. The number of nitrogens with one attached hydrogen (secondary N) is 1. The highest BCUT2D eigenvalue weighted by Crippen LogP contribution is 2.27. The van der Waals surface area contributed by atoms with Crippen molar-refractivity contribution in [3.8, 4) is 0 Å². The maximum Gasteiger partial charge on any atom is 0.255 e. The van der Waals surface area contributed by atoms with Crippen LogP contribution < -0.4 is 15.1 Å². The molecule has 29 heavy (non-hydrogen) atoms. The number of aryl methyl sites for hydroxylation is 1. The van der Waals surface area contributed by atoms with Gasteiger partial charge in [-0.1, -0.05) is 0 Å². The molecule has 0 spiro atoms. The molecular weight excluding hydrogens is 364 g/mol. The summed E-state index contributed by atoms with van der Waals surface area (Å²) in [7, 11) is 2.14. The number of carbonyl (C=O) groups is 2. The van der Waals surface area contributed by atoms with E-state index in [1.807, 2.05) is 54.3 Å². The fourth-order valence-corrected chi connectivity index (χ4v) is 4.03. The molecule has 2 amide bonds. The van der Waals surface area contributed by atoms with Crippen molar-refractivity contribution in [2.24, 2.45) is 0 Å². The van der Waals surface area contributed by atoms with Gasteiger partial charge in [-0.15, -0.1) is 0 Å². The molecule has 1 N–H and O–H groups in total. The Morgan fingerprint density at radius 3 is 2.31 bits per heavy atom. The zero-order chi connectivity index (χ0) is 20.4. The minimum absolute atomic E-state index is 0.126. The summed E-state index contributed by atoms with van der Waals surface area (Å²) in [6.07, 6.45) is 1.52. The van der Waals surface area contributed by atoms with Crippen LogP contribution in [-0.2, 0) is 4.79 Å². The van der Waals surface area contributed by atoms with Gasteiger partial charge in [-0.25, -0.2) is 0 Å². The van der Waals surface area contributed by atoms with Gasteiger partial charge in [0.2, 0.25) is 5.91 Å². The van der Waals surface area contributed by atoms with E-state index in [1.54, 1.807) is 0 Å². The van der Waals surface area contributed by atoms with Crippen LogP contribution in [0.25, 0.3) is 0 Å². The van der Waals surface area contributed by atoms with Gasteiger partial charge in [-0.3, -0.25) is 9.59 Å². The lowest BCUT2D eigenvalue weighted by Gasteiger charge is -2.34. The van der Waals surface area contributed by atoms with Gasteiger partial charge in [0.15, 0.2) is 0 Å². The smallest absolute Gasteiger partial charge is 0.255 e. The van der Waals surface area contributed by atoms with Gasteiger partial charge < -0.3 is 20.0 Å². The van der Waals surface area contributed by atoms with E-state index in [-0.39, 0.29) is 11.8 Å². The van der Waals surface area contributed by atoms with Crippen molar-refractivity contribution in [3.05, 3.63) is 53.6 Å². The monoisotopic (exact) mass is 392 g/mol. The first-order valence-electron chi connectivity index (χ1n) is 10.3. The maximum atomic E-state index is 12.7. The molecule has 0 aliphatic carbocycles. The first-order valence-corrected chi connectivity index (χ1v) is 10.3. The molecule has 0 bridgehead atoms. The van der Waals surface area contributed by atoms with Crippen LogP contribution in [-0.4, -0.2) is 56.5 Å². The van der Waals surface area contributed by atoms with Crippen LogP contribution in [0.5, 0.6) is 0 Å². The summed E-state index contributed by atoms with van der Waals surface area (Å²) in [5.41, 5.74) is 4.46. The average molecular weight is 393 g/mol. The molecule has 152 valence electrons. The molecule has 2 saturated heterocycles. The molecule has 2 aromatic rings. The fourth-order valence-electron chi connectivity index (χ4n) is 4.03. The number of likely N-dealkylation sites (N-methyl/N-ethyl adjacent to an activating group) is 1. The Bertz CT molecular complexity index is 902. The molecule has 2 heterocycles. The van der Waals surface area contributed by atoms with Crippen molar-refractivity contribution in [2.45, 2.75) is 19.8 Å². The summed E-state index contributed by atoms with van der Waals surface area (Å²) in [5, 5.41) is 2.97. The van der Waals surface area contributed by atoms with Crippen LogP contribution in [0.1, 0.15) is 28.8 Å². The topological polar surface area (TPSA) is 55.9 Å². The van der Waals surface area contributed by atoms with E-state index < -0.39 is 0 Å². The van der Waals surface area contributed by atoms with E-state index in [2.05, 4.69) is 22.2 Å². The van der Waals surface area contributed by atoms with Gasteiger partial charge >= 0.3 is 0 Å². The number of hydrogen-bond donors (Lipinski definition) is 1. The summed E-state index contributed by atoms with van der Waals surface area (Å²) in [6.45, 7) is 6.87. The van der Waals surface area contributed by atoms with Crippen LogP contribution in [0.4, 0.5) is 17.1 Å². The Morgan fingerprint density at radius 1 is 0.966 bits per heavy atom. The summed E-state index contributed by atoms with van der Waals surface area (Å²) in [5.74, 6) is 0.0460. The first-order chi connectivity index (χ1) is 14.0. The number of amides is 2. The first kappa shape index (κ1) is 19.5. The van der Waals surface area contributed by atoms with Crippen molar-refractivity contribution in [1.82, 2.24) is 4.90 Å². The molecule has 0 radical (unpaired) electrons. The molecular formula is C23H28N4O2. The minimum atomic E-state index is -0.126. The fraction of sp³-hybridized carbons (Fsp3) is 0.391. The second-order valence-corrected chi connectivity index (χ2v) is 7.94. The van der Waals surface area contributed by atoms with Gasteiger partial charge in [0.1, 0.15) is 0 Å². The van der Waals surface area contributed by atoms with Crippen molar-refractivity contribution in [1.29, 1.82) is 0 Å². The number of hydrogen-bond acceptors (Lipinski definition) is 4. The second kappa shape index (κ2) is 8.25. The quantitative estimate of drug-likeness (QED) is 0.869. The van der Waals surface area contributed by atoms with Crippen LogP contribution in [0.3, 0.4) is 0 Å². The van der Waals surface area contributed by atoms with E-state index in [0.717, 1.165) is 61.8 Å². The number of benzene rings is 2. The van der Waals surface area contributed by atoms with Crippen molar-refractivity contribution < 1.29 is 9.59 Å². The molecule has 6 nitrogen and oxygen atoms in total. The van der Waals surface area contributed by atoms with E-state index in [4.69, 9.17) is 0 Å². The lowest BCUT2D eigenvalue weighted by molar-refractivity contribution is -0.117. The number of carbonyl (C=O) groups excluding carboxylic acids is 2. The lowest BCUT2D eigenvalue weighted by atomic mass is 10.1. The molecule has 0 saturated carbocycles. The standard InChI is InChI=1S/C23H28N4O2/c1-17-16-19(7-10-21(17)27-11-3-4-22(27)28)24-23(29)18-5-8-20(9-6-18)26-14-12-25(2)13-15-26/h5-10,16H,3-4,11-15H2,1-2H3,(H,24,29). The lowest BCUT2D eigenvalue weighted by Crippen LogP contribution is -2.44. The third-order valence-corrected chi connectivity index (χ3v) is 5.82. The number of rotatable bonds is 4. The molecule has 2 fully saturated rings. The van der Waals surface area contributed by atoms with E-state index in [0.29, 0.717) is 12.0 Å². The molecule has 0 aromatic heterocycles. The van der Waals surface area contributed by atoms with E-state index >= 15 is 0 Å². The third-order valence-electron chi connectivity index (χ3n) is 5.82. The molecule has 4 rings (SSSR count). The average Bonchev–Trinajstić information content (AvgIpc) is 3.14. The zero-order valence-electron chi connectivity index (χ0n) is 17.1. The number of anilines is 3. The Kier molecular flexibility index (Phi) is 5.53. The molecule has 2 aromatic carbocycles. The summed E-state index contributed by atoms with van der Waals surface area (Å²) >= 11 is 0. The van der Waals surface area contributed by atoms with Crippen LogP contribution in [0.15, 0.2) is 42.5 Å². The Labute approximate surface area is 172 Å². The summed E-state index contributed by atoms with van der Waals surface area (Å²) in [4.78, 5) is 31.1. The van der Waals surface area contributed by atoms with Gasteiger partial charge in [0.05, 0.1) is 0 Å². The van der Waals surface area contributed by atoms with E-state index in [1.165, 1.54) is 0 Å².